The summed E-state index contributed by atoms with van der Waals surface area (Å²) in [5, 5.41) is 74.7. The van der Waals surface area contributed by atoms with Crippen molar-refractivity contribution in [2.45, 2.75) is 130 Å². The molecule has 60 heavy (non-hydrogen) atoms. The molecule has 5 aliphatic heterocycles. The standard InChI is InChI=1S/C45H53ClO14/c1-24-13-7-4-5-8-14-25(2)37(49)56-34-27(21-46)19-31-42(34,53)39(51)41(22-47)35(57-41)32-36-44(54,40(52,20-24)23-55-38(50)29-17-11-12-18-30(29)48)33-26(3)43(31,32)60-45(58-33,59-36)28-15-9-6-10-16-28/h6,9-12,15-19,21,24-26,32-36,39,47-48,51-54H,4-5,7-8,13-14,20,22-23H2,1-3H3/b27-21+/t24?,25?,26-,32+,33+,34+,35+,36-,39-,40?,41+,42-,43+,44-,45?/m1/s1. The number of aliphatic hydroxyl groups is 5. The Morgan fingerprint density at radius 3 is 2.30 bits per heavy atom. The average molecular weight is 853 g/mol. The number of aliphatic hydroxyl groups excluding tert-OH is 2. The van der Waals surface area contributed by atoms with E-state index in [1.54, 1.807) is 56.3 Å². The first-order valence-electron chi connectivity index (χ1n) is 21.0. The Hall–Kier alpha value is -3.41. The fourth-order valence-electron chi connectivity index (χ4n) is 11.6. The van der Waals surface area contributed by atoms with Gasteiger partial charge in [0.2, 0.25) is 0 Å². The van der Waals surface area contributed by atoms with E-state index in [1.165, 1.54) is 18.2 Å². The Labute approximate surface area is 352 Å². The summed E-state index contributed by atoms with van der Waals surface area (Å²) in [5.74, 6) is -7.05. The summed E-state index contributed by atoms with van der Waals surface area (Å²) >= 11 is 6.48. The van der Waals surface area contributed by atoms with Gasteiger partial charge in [0, 0.05) is 28.2 Å². The second kappa shape index (κ2) is 14.6. The smallest absolute Gasteiger partial charge is 0.342 e. The molecule has 6 N–H and O–H groups in total. The molecule has 0 radical (unpaired) electrons. The first-order chi connectivity index (χ1) is 28.6. The summed E-state index contributed by atoms with van der Waals surface area (Å²) in [6.45, 7) is 3.82. The van der Waals surface area contributed by atoms with Gasteiger partial charge >= 0.3 is 17.9 Å². The molecule has 2 aromatic rings. The van der Waals surface area contributed by atoms with Gasteiger partial charge in [-0.1, -0.05) is 107 Å². The van der Waals surface area contributed by atoms with Crippen LogP contribution in [0.5, 0.6) is 5.75 Å². The molecule has 15 heteroatoms. The fraction of sp³-hybridized carbons (Fsp3) is 0.600. The van der Waals surface area contributed by atoms with E-state index in [0.717, 1.165) is 24.8 Å². The minimum absolute atomic E-state index is 0.0470. The van der Waals surface area contributed by atoms with Crippen LogP contribution in [-0.4, -0.2) is 114 Å². The van der Waals surface area contributed by atoms with Crippen molar-refractivity contribution in [1.82, 2.24) is 0 Å². The van der Waals surface area contributed by atoms with Crippen molar-refractivity contribution >= 4 is 23.5 Å². The Bertz CT molecular complexity index is 2100. The van der Waals surface area contributed by atoms with E-state index in [0.29, 0.717) is 24.8 Å². The van der Waals surface area contributed by atoms with Crippen LogP contribution in [0.3, 0.4) is 0 Å². The predicted molar refractivity (Wildman–Crippen MR) is 211 cm³/mol. The van der Waals surface area contributed by atoms with Gasteiger partial charge in [0.1, 0.15) is 64.7 Å². The van der Waals surface area contributed by atoms with E-state index in [-0.39, 0.29) is 34.8 Å². The molecule has 3 aliphatic carbocycles. The van der Waals surface area contributed by atoms with Gasteiger partial charge < -0.3 is 59.1 Å². The topological polar surface area (TPSA) is 214 Å². The monoisotopic (exact) mass is 852 g/mol. The SMILES string of the molecule is CC1CCCCCCC(C)C(=O)O[C@H]2/C(=C/Cl)C=C3[C@]2(O)[C@H](O)[C@@]2(CO)O[C@H]2[C@H]2[C@H]4OC5(c6ccccc6)O[C@@H]([C@@H](C)[C@]32O5)[C@]4(O)C(O)(COC(=O)c2ccccc2O)C1. The molecule has 2 saturated carbocycles. The molecule has 7 fully saturated rings. The molecule has 5 heterocycles. The lowest BCUT2D eigenvalue weighted by Gasteiger charge is -2.73. The molecule has 14 nitrogen and oxygen atoms in total. The highest BCUT2D eigenvalue weighted by Gasteiger charge is 2.90. The van der Waals surface area contributed by atoms with Crippen LogP contribution in [-0.2, 0) is 39.2 Å². The largest absolute Gasteiger partial charge is 0.507 e. The van der Waals surface area contributed by atoms with Crippen molar-refractivity contribution in [2.75, 3.05) is 13.2 Å². The number of epoxide rings is 1. The molecule has 2 aromatic carbocycles. The van der Waals surface area contributed by atoms with E-state index in [2.05, 4.69) is 0 Å². The maximum Gasteiger partial charge on any atom is 0.342 e. The highest BCUT2D eigenvalue weighted by Crippen LogP contribution is 2.74. The van der Waals surface area contributed by atoms with E-state index >= 15 is 0 Å². The number of hydrogen-bond donors (Lipinski definition) is 6. The number of phenolic OH excluding ortho intramolecular Hbond substituents is 1. The van der Waals surface area contributed by atoms with Crippen molar-refractivity contribution in [1.29, 1.82) is 0 Å². The molecule has 4 unspecified atom stereocenters. The van der Waals surface area contributed by atoms with Crippen LogP contribution in [0.25, 0.3) is 0 Å². The van der Waals surface area contributed by atoms with Crippen LogP contribution in [0.4, 0.5) is 0 Å². The highest BCUT2D eigenvalue weighted by atomic mass is 35.5. The molecule has 0 aromatic heterocycles. The van der Waals surface area contributed by atoms with Gasteiger partial charge in [-0.3, -0.25) is 4.79 Å². The molecular weight excluding hydrogens is 800 g/mol. The van der Waals surface area contributed by atoms with Gasteiger partial charge in [0.25, 0.3) is 0 Å². The van der Waals surface area contributed by atoms with Crippen LogP contribution >= 0.6 is 11.6 Å². The van der Waals surface area contributed by atoms with Gasteiger partial charge in [0.05, 0.1) is 18.4 Å². The number of halogens is 1. The third-order valence-corrected chi connectivity index (χ3v) is 15.0. The van der Waals surface area contributed by atoms with Crippen molar-refractivity contribution in [3.8, 4) is 5.75 Å². The third-order valence-electron chi connectivity index (χ3n) is 14.7. The Morgan fingerprint density at radius 1 is 0.917 bits per heavy atom. The van der Waals surface area contributed by atoms with E-state index in [1.807, 2.05) is 6.92 Å². The van der Waals surface area contributed by atoms with Crippen LogP contribution < -0.4 is 0 Å². The molecule has 1 spiro atoms. The van der Waals surface area contributed by atoms with Crippen LogP contribution in [0, 0.1) is 23.7 Å². The predicted octanol–water partition coefficient (Wildman–Crippen LogP) is 3.87. The van der Waals surface area contributed by atoms with E-state index < -0.39 is 107 Å². The maximum absolute atomic E-state index is 13.9. The molecular formula is C45H53ClO14. The number of benzene rings is 2. The molecule has 10 rings (SSSR count). The van der Waals surface area contributed by atoms with Gasteiger partial charge in [-0.05, 0) is 37.0 Å². The molecule has 8 aliphatic rings. The molecule has 324 valence electrons. The molecule has 8 bridgehead atoms. The van der Waals surface area contributed by atoms with Gasteiger partial charge in [-0.15, -0.1) is 0 Å². The van der Waals surface area contributed by atoms with Crippen LogP contribution in [0.15, 0.2) is 77.4 Å². The third kappa shape index (κ3) is 5.65. The zero-order valence-corrected chi connectivity index (χ0v) is 34.5. The number of fused-ring (bicyclic) bond motifs is 1. The lowest BCUT2D eigenvalue weighted by molar-refractivity contribution is -0.584. The number of ether oxygens (including phenoxy) is 6. The lowest BCUT2D eigenvalue weighted by Crippen LogP contribution is -2.89. The lowest BCUT2D eigenvalue weighted by atomic mass is 9.50. The number of rotatable bonds is 5. The molecule has 5 saturated heterocycles. The van der Waals surface area contributed by atoms with Crippen LogP contribution in [0.1, 0.15) is 81.6 Å². The Balaban J connectivity index is 1.27. The first kappa shape index (κ1) is 41.9. The van der Waals surface area contributed by atoms with Crippen molar-refractivity contribution < 1.29 is 68.6 Å². The first-order valence-corrected chi connectivity index (χ1v) is 21.5. The Kier molecular flexibility index (Phi) is 10.2. The quantitative estimate of drug-likeness (QED) is 0.186. The highest BCUT2D eigenvalue weighted by molar-refractivity contribution is 6.26. The van der Waals surface area contributed by atoms with Gasteiger partial charge in [0.15, 0.2) is 11.7 Å². The summed E-state index contributed by atoms with van der Waals surface area (Å²) in [7, 11) is 0. The normalized spacial score (nSPS) is 46.5. The number of carbonyl (C=O) groups is 2. The molecule has 0 amide bonds. The van der Waals surface area contributed by atoms with Gasteiger partial charge in [-0.25, -0.2) is 4.79 Å². The van der Waals surface area contributed by atoms with E-state index in [4.69, 9.17) is 40.0 Å². The zero-order valence-electron chi connectivity index (χ0n) is 33.7. The van der Waals surface area contributed by atoms with Crippen LogP contribution in [0.2, 0.25) is 0 Å². The maximum atomic E-state index is 13.9. The van der Waals surface area contributed by atoms with Crippen molar-refractivity contribution in [3.05, 3.63) is 88.5 Å². The number of carbonyl (C=O) groups excluding carboxylic acids is 2. The molecule has 15 atom stereocenters. The summed E-state index contributed by atoms with van der Waals surface area (Å²) in [4.78, 5) is 27.5. The number of phenols is 1. The fourth-order valence-corrected chi connectivity index (χ4v) is 11.8. The minimum Gasteiger partial charge on any atom is -0.507 e. The summed E-state index contributed by atoms with van der Waals surface area (Å²) in [5.41, 5.74) is -9.39. The number of esters is 2. The number of para-hydroxylation sites is 1. The Morgan fingerprint density at radius 2 is 1.60 bits per heavy atom. The van der Waals surface area contributed by atoms with Crippen molar-refractivity contribution in [2.24, 2.45) is 23.7 Å². The van der Waals surface area contributed by atoms with Crippen molar-refractivity contribution in [3.63, 3.8) is 0 Å². The second-order valence-electron chi connectivity index (χ2n) is 18.2. The summed E-state index contributed by atoms with van der Waals surface area (Å²) in [6.07, 6.45) is -2.01. The zero-order chi connectivity index (χ0) is 42.6. The summed E-state index contributed by atoms with van der Waals surface area (Å²) < 4.78 is 39.2. The number of hydrogen-bond acceptors (Lipinski definition) is 14. The van der Waals surface area contributed by atoms with Gasteiger partial charge in [-0.2, -0.15) is 0 Å². The average Bonchev–Trinajstić information content (AvgIpc) is 3.91. The summed E-state index contributed by atoms with van der Waals surface area (Å²) in [6, 6.07) is 14.5. The van der Waals surface area contributed by atoms with E-state index in [9.17, 15) is 40.2 Å². The minimum atomic E-state index is -2.51. The number of aromatic hydroxyl groups is 1. The second-order valence-corrected chi connectivity index (χ2v) is 18.4.